The van der Waals surface area contributed by atoms with Gasteiger partial charge in [-0.15, -0.1) is 10.2 Å². The Morgan fingerprint density at radius 1 is 1.19 bits per heavy atom. The van der Waals surface area contributed by atoms with Crippen LogP contribution >= 0.6 is 11.8 Å². The molecule has 7 nitrogen and oxygen atoms in total. The second-order valence-corrected chi connectivity index (χ2v) is 7.32. The molecule has 0 aliphatic heterocycles. The highest BCUT2D eigenvalue weighted by Crippen LogP contribution is 2.22. The van der Waals surface area contributed by atoms with Gasteiger partial charge in [-0.1, -0.05) is 42.1 Å². The van der Waals surface area contributed by atoms with E-state index in [1.165, 1.54) is 11.8 Å². The average molecular weight is 385 g/mol. The highest BCUT2D eigenvalue weighted by atomic mass is 32.2. The Morgan fingerprint density at radius 3 is 2.67 bits per heavy atom. The summed E-state index contributed by atoms with van der Waals surface area (Å²) in [7, 11) is 1.91. The Balaban J connectivity index is 1.43. The van der Waals surface area contributed by atoms with Gasteiger partial charge in [0.2, 0.25) is 5.91 Å². The lowest BCUT2D eigenvalue weighted by molar-refractivity contribution is -0.118. The highest BCUT2D eigenvalue weighted by Gasteiger charge is 2.12. The van der Waals surface area contributed by atoms with Crippen LogP contribution in [0.4, 0.5) is 0 Å². The van der Waals surface area contributed by atoms with Crippen molar-refractivity contribution in [1.29, 1.82) is 0 Å². The maximum Gasteiger partial charge on any atom is 0.230 e. The standard InChI is InChI=1S/C19H24N6OS/c1-14-12-15(2)25(23-14)11-7-10-20-17(26)13-27-19-22-21-18(24(19)3)16-8-5-4-6-9-16/h4-6,8-9,12H,7,10-11,13H2,1-3H3,(H,20,26). The third-order valence-electron chi connectivity index (χ3n) is 4.17. The molecule has 3 rings (SSSR count). The lowest BCUT2D eigenvalue weighted by atomic mass is 10.2. The van der Waals surface area contributed by atoms with E-state index in [9.17, 15) is 4.79 Å². The number of carbonyl (C=O) groups excluding carboxylic acids is 1. The first-order valence-corrected chi connectivity index (χ1v) is 9.88. The maximum absolute atomic E-state index is 12.1. The zero-order valence-corrected chi connectivity index (χ0v) is 16.7. The van der Waals surface area contributed by atoms with Gasteiger partial charge in [0, 0.05) is 31.4 Å². The summed E-state index contributed by atoms with van der Waals surface area (Å²) in [5.74, 6) is 1.11. The molecule has 0 atom stereocenters. The van der Waals surface area contributed by atoms with Crippen LogP contribution < -0.4 is 5.32 Å². The van der Waals surface area contributed by atoms with Crippen LogP contribution in [0.15, 0.2) is 41.6 Å². The van der Waals surface area contributed by atoms with Crippen molar-refractivity contribution < 1.29 is 4.79 Å². The first-order chi connectivity index (χ1) is 13.0. The number of carbonyl (C=O) groups is 1. The summed E-state index contributed by atoms with van der Waals surface area (Å²) in [6.45, 7) is 5.46. The first kappa shape index (κ1) is 19.2. The Labute approximate surface area is 163 Å². The van der Waals surface area contributed by atoms with Crippen LogP contribution in [-0.2, 0) is 18.4 Å². The summed E-state index contributed by atoms with van der Waals surface area (Å²) >= 11 is 1.39. The van der Waals surface area contributed by atoms with Gasteiger partial charge in [-0.2, -0.15) is 5.10 Å². The zero-order chi connectivity index (χ0) is 19.2. The maximum atomic E-state index is 12.1. The van der Waals surface area contributed by atoms with E-state index in [1.54, 1.807) is 0 Å². The number of nitrogens with one attached hydrogen (secondary N) is 1. The number of thioether (sulfide) groups is 1. The molecule has 1 amide bonds. The lowest BCUT2D eigenvalue weighted by Crippen LogP contribution is -2.27. The molecule has 0 aliphatic carbocycles. The van der Waals surface area contributed by atoms with Gasteiger partial charge in [-0.3, -0.25) is 9.48 Å². The molecule has 142 valence electrons. The Morgan fingerprint density at radius 2 is 1.96 bits per heavy atom. The van der Waals surface area contributed by atoms with Gasteiger partial charge in [0.1, 0.15) is 0 Å². The highest BCUT2D eigenvalue weighted by molar-refractivity contribution is 7.99. The fourth-order valence-corrected chi connectivity index (χ4v) is 3.56. The molecule has 2 aromatic heterocycles. The molecular weight excluding hydrogens is 360 g/mol. The minimum atomic E-state index is -0.00220. The smallest absolute Gasteiger partial charge is 0.230 e. The van der Waals surface area contributed by atoms with Gasteiger partial charge < -0.3 is 9.88 Å². The topological polar surface area (TPSA) is 77.6 Å². The molecule has 0 bridgehead atoms. The number of hydrogen-bond acceptors (Lipinski definition) is 5. The summed E-state index contributed by atoms with van der Waals surface area (Å²) in [5, 5.41) is 16.5. The molecule has 0 radical (unpaired) electrons. The molecule has 1 aromatic carbocycles. The minimum Gasteiger partial charge on any atom is -0.355 e. The normalized spacial score (nSPS) is 10.9. The van der Waals surface area contributed by atoms with E-state index in [-0.39, 0.29) is 5.91 Å². The summed E-state index contributed by atoms with van der Waals surface area (Å²) in [5.41, 5.74) is 3.17. The molecule has 0 spiro atoms. The Kier molecular flexibility index (Phi) is 6.28. The first-order valence-electron chi connectivity index (χ1n) is 8.90. The van der Waals surface area contributed by atoms with Crippen LogP contribution in [0.5, 0.6) is 0 Å². The number of nitrogens with zero attached hydrogens (tertiary/aromatic N) is 5. The molecule has 0 saturated carbocycles. The quantitative estimate of drug-likeness (QED) is 0.477. The van der Waals surface area contributed by atoms with E-state index in [0.29, 0.717) is 12.3 Å². The molecule has 8 heteroatoms. The third kappa shape index (κ3) is 4.97. The lowest BCUT2D eigenvalue weighted by Gasteiger charge is -2.07. The van der Waals surface area contributed by atoms with Crippen LogP contribution in [0.1, 0.15) is 17.8 Å². The largest absolute Gasteiger partial charge is 0.355 e. The van der Waals surface area contributed by atoms with Gasteiger partial charge in [0.25, 0.3) is 0 Å². The summed E-state index contributed by atoms with van der Waals surface area (Å²) in [6.07, 6.45) is 0.848. The molecule has 3 aromatic rings. The van der Waals surface area contributed by atoms with Crippen molar-refractivity contribution in [2.24, 2.45) is 7.05 Å². The zero-order valence-electron chi connectivity index (χ0n) is 15.8. The van der Waals surface area contributed by atoms with E-state index in [4.69, 9.17) is 0 Å². The third-order valence-corrected chi connectivity index (χ3v) is 5.19. The molecular formula is C19H24N6OS. The van der Waals surface area contributed by atoms with Crippen molar-refractivity contribution in [3.8, 4) is 11.4 Å². The number of aromatic nitrogens is 5. The van der Waals surface area contributed by atoms with Crippen molar-refractivity contribution in [2.75, 3.05) is 12.3 Å². The Hall–Kier alpha value is -2.61. The Bertz CT molecular complexity index is 902. The minimum absolute atomic E-state index is 0.00220. The fraction of sp³-hybridized carbons (Fsp3) is 0.368. The van der Waals surface area contributed by atoms with Gasteiger partial charge >= 0.3 is 0 Å². The summed E-state index contributed by atoms with van der Waals surface area (Å²) < 4.78 is 3.89. The second kappa shape index (κ2) is 8.85. The van der Waals surface area contributed by atoms with Gasteiger partial charge in [-0.25, -0.2) is 0 Å². The molecule has 0 saturated heterocycles. The molecule has 27 heavy (non-hydrogen) atoms. The van der Waals surface area contributed by atoms with Crippen LogP contribution in [0, 0.1) is 13.8 Å². The van der Waals surface area contributed by atoms with E-state index < -0.39 is 0 Å². The molecule has 1 N–H and O–H groups in total. The number of rotatable bonds is 8. The second-order valence-electron chi connectivity index (χ2n) is 6.37. The van der Waals surface area contributed by atoms with Crippen molar-refractivity contribution in [1.82, 2.24) is 29.9 Å². The van der Waals surface area contributed by atoms with E-state index in [2.05, 4.69) is 26.7 Å². The summed E-state index contributed by atoms with van der Waals surface area (Å²) in [4.78, 5) is 12.1. The predicted molar refractivity (Wildman–Crippen MR) is 106 cm³/mol. The van der Waals surface area contributed by atoms with E-state index in [1.807, 2.05) is 60.5 Å². The van der Waals surface area contributed by atoms with Crippen LogP contribution in [-0.4, -0.2) is 42.7 Å². The van der Waals surface area contributed by atoms with Gasteiger partial charge in [-0.05, 0) is 26.3 Å². The number of amides is 1. The fourth-order valence-electron chi connectivity index (χ4n) is 2.82. The SMILES string of the molecule is Cc1cc(C)n(CCCNC(=O)CSc2nnc(-c3ccccc3)n2C)n1. The number of benzene rings is 1. The van der Waals surface area contributed by atoms with Crippen LogP contribution in [0.2, 0.25) is 0 Å². The van der Waals surface area contributed by atoms with Gasteiger partial charge in [0.05, 0.1) is 11.4 Å². The predicted octanol–water partition coefficient (Wildman–Crippen LogP) is 2.59. The van der Waals surface area contributed by atoms with Crippen molar-refractivity contribution in [2.45, 2.75) is 32.0 Å². The molecule has 2 heterocycles. The van der Waals surface area contributed by atoms with Crippen LogP contribution in [0.25, 0.3) is 11.4 Å². The van der Waals surface area contributed by atoms with E-state index >= 15 is 0 Å². The average Bonchev–Trinajstić information content (AvgIpc) is 3.19. The molecule has 0 fully saturated rings. The van der Waals surface area contributed by atoms with Crippen LogP contribution in [0.3, 0.4) is 0 Å². The number of hydrogen-bond donors (Lipinski definition) is 1. The monoisotopic (exact) mass is 384 g/mol. The van der Waals surface area contributed by atoms with Gasteiger partial charge in [0.15, 0.2) is 11.0 Å². The summed E-state index contributed by atoms with van der Waals surface area (Å²) in [6, 6.07) is 11.9. The van der Waals surface area contributed by atoms with Crippen molar-refractivity contribution in [3.05, 3.63) is 47.8 Å². The van der Waals surface area contributed by atoms with Crippen molar-refractivity contribution >= 4 is 17.7 Å². The van der Waals surface area contributed by atoms with E-state index in [0.717, 1.165) is 40.9 Å². The van der Waals surface area contributed by atoms with Crippen molar-refractivity contribution in [3.63, 3.8) is 0 Å². The number of aryl methyl sites for hydroxylation is 3. The molecule has 0 unspecified atom stereocenters. The molecule has 0 aliphatic rings.